The van der Waals surface area contributed by atoms with Crippen molar-refractivity contribution in [2.45, 2.75) is 12.8 Å². The summed E-state index contributed by atoms with van der Waals surface area (Å²) in [6.07, 6.45) is 0.320. The number of hydrogen-bond donors (Lipinski definition) is 0. The van der Waals surface area contributed by atoms with E-state index in [-0.39, 0.29) is 30.2 Å². The van der Waals surface area contributed by atoms with Crippen molar-refractivity contribution in [1.29, 1.82) is 0 Å². The topological polar surface area (TPSA) is 85.3 Å². The number of esters is 1. The van der Waals surface area contributed by atoms with E-state index >= 15 is 0 Å². The van der Waals surface area contributed by atoms with Gasteiger partial charge in [-0.1, -0.05) is 30.3 Å². The van der Waals surface area contributed by atoms with E-state index in [4.69, 9.17) is 9.47 Å². The lowest BCUT2D eigenvalue weighted by atomic mass is 10.1. The zero-order valence-electron chi connectivity index (χ0n) is 14.8. The summed E-state index contributed by atoms with van der Waals surface area (Å²) >= 11 is 0. The molecule has 1 amide bonds. The first-order chi connectivity index (χ1) is 13.1. The molecule has 0 N–H and O–H groups in total. The van der Waals surface area contributed by atoms with Gasteiger partial charge < -0.3 is 9.47 Å². The Hall–Kier alpha value is -3.48. The second-order valence-electron chi connectivity index (χ2n) is 5.82. The van der Waals surface area contributed by atoms with Crippen LogP contribution < -0.4 is 9.75 Å². The van der Waals surface area contributed by atoms with E-state index in [9.17, 15) is 14.4 Å². The van der Waals surface area contributed by atoms with Gasteiger partial charge in [-0.25, -0.2) is 9.80 Å². The number of nitrogens with zero attached hydrogens (tertiary/aromatic N) is 2. The monoisotopic (exact) mass is 366 g/mol. The summed E-state index contributed by atoms with van der Waals surface area (Å²) in [4.78, 5) is 36.5. The Morgan fingerprint density at radius 3 is 2.59 bits per heavy atom. The molecule has 0 unspecified atom stereocenters. The van der Waals surface area contributed by atoms with Crippen molar-refractivity contribution in [1.82, 2.24) is 0 Å². The average molecular weight is 366 g/mol. The van der Waals surface area contributed by atoms with Crippen molar-refractivity contribution >= 4 is 29.1 Å². The van der Waals surface area contributed by atoms with Crippen LogP contribution in [0.4, 0.5) is 5.69 Å². The number of anilines is 1. The van der Waals surface area contributed by atoms with Crippen molar-refractivity contribution in [3.05, 3.63) is 60.2 Å². The summed E-state index contributed by atoms with van der Waals surface area (Å²) in [5.74, 6) is -0.722. The van der Waals surface area contributed by atoms with Gasteiger partial charge in [0.1, 0.15) is 11.5 Å². The highest BCUT2D eigenvalue weighted by Gasteiger charge is 2.26. The van der Waals surface area contributed by atoms with Crippen molar-refractivity contribution < 1.29 is 23.9 Å². The molecule has 1 aliphatic rings. The van der Waals surface area contributed by atoms with E-state index in [1.807, 2.05) is 6.07 Å². The van der Waals surface area contributed by atoms with Gasteiger partial charge >= 0.3 is 5.97 Å². The van der Waals surface area contributed by atoms with Gasteiger partial charge in [0, 0.05) is 18.4 Å². The van der Waals surface area contributed by atoms with E-state index < -0.39 is 12.6 Å². The van der Waals surface area contributed by atoms with E-state index in [0.29, 0.717) is 17.0 Å². The lowest BCUT2D eigenvalue weighted by molar-refractivity contribution is -0.134. The number of Topliss-reactive ketones (excluding diaryl/α,β-unsaturated/α-hetero) is 1. The number of methoxy groups -OCH3 is 1. The summed E-state index contributed by atoms with van der Waals surface area (Å²) in [6.45, 7) is -0.412. The number of carbonyl (C=O) groups excluding carboxylic acids is 3. The summed E-state index contributed by atoms with van der Waals surface area (Å²) < 4.78 is 10.2. The first-order valence-corrected chi connectivity index (χ1v) is 8.38. The molecular formula is C20H18N2O5. The summed E-state index contributed by atoms with van der Waals surface area (Å²) in [7, 11) is 1.50. The molecule has 27 heavy (non-hydrogen) atoms. The maximum absolute atomic E-state index is 12.3. The maximum Gasteiger partial charge on any atom is 0.354 e. The molecule has 0 bridgehead atoms. The minimum atomic E-state index is -0.709. The fourth-order valence-electron chi connectivity index (χ4n) is 2.57. The van der Waals surface area contributed by atoms with E-state index in [0.717, 1.165) is 0 Å². The SMILES string of the molecule is COc1cccc(C(=O)COC(=O)C2=NN(c3ccccc3)C(=O)CC2)c1. The summed E-state index contributed by atoms with van der Waals surface area (Å²) in [5.41, 5.74) is 1.06. The Kier molecular flexibility index (Phi) is 5.61. The molecule has 0 spiro atoms. The second-order valence-corrected chi connectivity index (χ2v) is 5.82. The number of hydrogen-bond acceptors (Lipinski definition) is 6. The minimum absolute atomic E-state index is 0.108. The molecule has 7 heteroatoms. The zero-order valence-corrected chi connectivity index (χ0v) is 14.8. The van der Waals surface area contributed by atoms with Crippen molar-refractivity contribution in [3.8, 4) is 5.75 Å². The van der Waals surface area contributed by atoms with Crippen molar-refractivity contribution in [2.75, 3.05) is 18.7 Å². The number of rotatable bonds is 6. The molecule has 7 nitrogen and oxygen atoms in total. The number of hydrazone groups is 1. The third kappa shape index (κ3) is 4.38. The van der Waals surface area contributed by atoms with Crippen molar-refractivity contribution in [3.63, 3.8) is 0 Å². The molecule has 0 saturated carbocycles. The van der Waals surface area contributed by atoms with Crippen LogP contribution in [0.5, 0.6) is 5.75 Å². The molecule has 0 saturated heterocycles. The van der Waals surface area contributed by atoms with Crippen LogP contribution in [-0.2, 0) is 14.3 Å². The minimum Gasteiger partial charge on any atom is -0.497 e. The van der Waals surface area contributed by atoms with Crippen LogP contribution in [0.1, 0.15) is 23.2 Å². The van der Waals surface area contributed by atoms with E-state index in [1.54, 1.807) is 48.5 Å². The van der Waals surface area contributed by atoms with Crippen LogP contribution in [0.3, 0.4) is 0 Å². The molecule has 2 aromatic carbocycles. The van der Waals surface area contributed by atoms with Gasteiger partial charge in [-0.3, -0.25) is 9.59 Å². The first kappa shape index (κ1) is 18.3. The highest BCUT2D eigenvalue weighted by Crippen LogP contribution is 2.20. The molecule has 0 atom stereocenters. The van der Waals surface area contributed by atoms with Gasteiger partial charge in [-0.2, -0.15) is 5.10 Å². The fourth-order valence-corrected chi connectivity index (χ4v) is 2.57. The number of para-hydroxylation sites is 1. The van der Waals surface area contributed by atoms with Crippen LogP contribution in [0.25, 0.3) is 0 Å². The lowest BCUT2D eigenvalue weighted by Crippen LogP contribution is -2.35. The van der Waals surface area contributed by atoms with Gasteiger partial charge in [0.15, 0.2) is 12.4 Å². The smallest absolute Gasteiger partial charge is 0.354 e. The molecule has 3 rings (SSSR count). The molecule has 138 valence electrons. The molecule has 0 fully saturated rings. The fraction of sp³-hybridized carbons (Fsp3) is 0.200. The molecule has 0 aliphatic carbocycles. The predicted octanol–water partition coefficient (Wildman–Crippen LogP) is 2.60. The number of amides is 1. The second kappa shape index (κ2) is 8.27. The van der Waals surface area contributed by atoms with Gasteiger partial charge in [0.25, 0.3) is 0 Å². The Morgan fingerprint density at radius 2 is 1.85 bits per heavy atom. The van der Waals surface area contributed by atoms with Gasteiger partial charge in [-0.05, 0) is 24.3 Å². The van der Waals surface area contributed by atoms with Crippen molar-refractivity contribution in [2.24, 2.45) is 5.10 Å². The van der Waals surface area contributed by atoms with Crippen LogP contribution in [0.2, 0.25) is 0 Å². The molecule has 0 radical (unpaired) electrons. The Morgan fingerprint density at radius 1 is 1.07 bits per heavy atom. The maximum atomic E-state index is 12.3. The van der Waals surface area contributed by atoms with Crippen LogP contribution in [-0.4, -0.2) is 37.1 Å². The molecule has 1 aliphatic heterocycles. The highest BCUT2D eigenvalue weighted by molar-refractivity contribution is 6.38. The van der Waals surface area contributed by atoms with E-state index in [1.165, 1.54) is 12.1 Å². The number of ketones is 1. The van der Waals surface area contributed by atoms with Crippen LogP contribution in [0.15, 0.2) is 59.7 Å². The molecular weight excluding hydrogens is 348 g/mol. The summed E-state index contributed by atoms with van der Waals surface area (Å²) in [5, 5.41) is 5.29. The Balaban J connectivity index is 1.66. The van der Waals surface area contributed by atoms with E-state index in [2.05, 4.69) is 5.10 Å². The van der Waals surface area contributed by atoms with Gasteiger partial charge in [0.2, 0.25) is 5.91 Å². The third-order valence-electron chi connectivity index (χ3n) is 4.00. The standard InChI is InChI=1S/C20H18N2O5/c1-26-16-9-5-6-14(12-16)18(23)13-27-20(25)17-10-11-19(24)22(21-17)15-7-3-2-4-8-15/h2-9,12H,10-11,13H2,1H3. The molecule has 2 aromatic rings. The number of carbonyl (C=O) groups is 3. The van der Waals surface area contributed by atoms with Gasteiger partial charge in [-0.15, -0.1) is 0 Å². The normalized spacial score (nSPS) is 13.7. The first-order valence-electron chi connectivity index (χ1n) is 8.38. The summed E-state index contributed by atoms with van der Waals surface area (Å²) in [6, 6.07) is 15.4. The predicted molar refractivity (Wildman–Crippen MR) is 98.9 cm³/mol. The zero-order chi connectivity index (χ0) is 19.2. The lowest BCUT2D eigenvalue weighted by Gasteiger charge is -2.22. The number of benzene rings is 2. The van der Waals surface area contributed by atoms with Gasteiger partial charge in [0.05, 0.1) is 12.8 Å². The largest absolute Gasteiger partial charge is 0.497 e. The van der Waals surface area contributed by atoms with Crippen LogP contribution >= 0.6 is 0 Å². The third-order valence-corrected chi connectivity index (χ3v) is 4.00. The molecule has 1 heterocycles. The highest BCUT2D eigenvalue weighted by atomic mass is 16.5. The Labute approximate surface area is 156 Å². The number of ether oxygens (including phenoxy) is 2. The quantitative estimate of drug-likeness (QED) is 0.579. The average Bonchev–Trinajstić information content (AvgIpc) is 2.72. The Bertz CT molecular complexity index is 892. The van der Waals surface area contributed by atoms with Crippen LogP contribution in [0, 0.1) is 0 Å². The molecule has 0 aromatic heterocycles.